The van der Waals surface area contributed by atoms with E-state index in [0.717, 1.165) is 5.56 Å². The Morgan fingerprint density at radius 3 is 2.53 bits per heavy atom. The van der Waals surface area contributed by atoms with Crippen LogP contribution in [0.25, 0.3) is 0 Å². The zero-order valence-electron chi connectivity index (χ0n) is 10.7. The third-order valence-electron chi connectivity index (χ3n) is 1.96. The minimum Gasteiger partial charge on any atom is -0.482 e. The molecular weight excluding hydrogens is 218 g/mol. The Morgan fingerprint density at radius 2 is 2.00 bits per heavy atom. The van der Waals surface area contributed by atoms with Crippen LogP contribution in [0.4, 0.5) is 5.69 Å². The molecule has 1 rings (SSSR count). The molecule has 1 aromatic rings. The summed E-state index contributed by atoms with van der Waals surface area (Å²) in [6.07, 6.45) is 0. The smallest absolute Gasteiger partial charge is 0.344 e. The zero-order valence-corrected chi connectivity index (χ0v) is 10.7. The van der Waals surface area contributed by atoms with Crippen molar-refractivity contribution in [2.45, 2.75) is 33.3 Å². The van der Waals surface area contributed by atoms with Crippen LogP contribution in [-0.4, -0.2) is 18.2 Å². The van der Waals surface area contributed by atoms with Gasteiger partial charge in [0, 0.05) is 5.69 Å². The molecular formula is C13H19NO3. The molecule has 1 aromatic carbocycles. The van der Waals surface area contributed by atoms with E-state index < -0.39 is 5.60 Å². The molecule has 0 bridgehead atoms. The van der Waals surface area contributed by atoms with Crippen LogP contribution in [0.15, 0.2) is 18.2 Å². The second kappa shape index (κ2) is 5.08. The Morgan fingerprint density at radius 1 is 1.35 bits per heavy atom. The largest absolute Gasteiger partial charge is 0.482 e. The maximum absolute atomic E-state index is 11.4. The summed E-state index contributed by atoms with van der Waals surface area (Å²) >= 11 is 0. The zero-order chi connectivity index (χ0) is 13.1. The first kappa shape index (κ1) is 13.4. The number of ether oxygens (including phenoxy) is 2. The highest BCUT2D eigenvalue weighted by Gasteiger charge is 2.16. The molecule has 0 radical (unpaired) electrons. The summed E-state index contributed by atoms with van der Waals surface area (Å²) in [5.74, 6) is 0.263. The number of nitrogen functional groups attached to an aromatic ring is 1. The number of rotatable bonds is 3. The molecule has 0 aliphatic heterocycles. The molecule has 0 heterocycles. The van der Waals surface area contributed by atoms with Crippen LogP contribution in [0.1, 0.15) is 26.3 Å². The van der Waals surface area contributed by atoms with Crippen LogP contribution in [-0.2, 0) is 9.53 Å². The Bertz CT molecular complexity index is 408. The van der Waals surface area contributed by atoms with Crippen molar-refractivity contribution < 1.29 is 14.3 Å². The van der Waals surface area contributed by atoms with Crippen LogP contribution < -0.4 is 10.5 Å². The van der Waals surface area contributed by atoms with E-state index in [0.29, 0.717) is 11.4 Å². The number of hydrogen-bond donors (Lipinski definition) is 1. The van der Waals surface area contributed by atoms with Crippen molar-refractivity contribution in [3.05, 3.63) is 23.8 Å². The van der Waals surface area contributed by atoms with Crippen molar-refractivity contribution in [3.8, 4) is 5.75 Å². The van der Waals surface area contributed by atoms with Gasteiger partial charge in [0.05, 0.1) is 0 Å². The molecule has 0 aliphatic carbocycles. The topological polar surface area (TPSA) is 61.5 Å². The maximum Gasteiger partial charge on any atom is 0.344 e. The molecule has 0 amide bonds. The number of anilines is 1. The number of carbonyl (C=O) groups excluding carboxylic acids is 1. The first-order valence-electron chi connectivity index (χ1n) is 5.49. The van der Waals surface area contributed by atoms with Crippen molar-refractivity contribution in [3.63, 3.8) is 0 Å². The summed E-state index contributed by atoms with van der Waals surface area (Å²) in [5, 5.41) is 0. The number of benzene rings is 1. The highest BCUT2D eigenvalue weighted by atomic mass is 16.6. The fourth-order valence-electron chi connectivity index (χ4n) is 1.34. The Balaban J connectivity index is 2.53. The molecule has 0 atom stereocenters. The molecule has 0 aliphatic rings. The first-order valence-corrected chi connectivity index (χ1v) is 5.49. The molecule has 0 saturated carbocycles. The lowest BCUT2D eigenvalue weighted by Crippen LogP contribution is -2.27. The van der Waals surface area contributed by atoms with Crippen molar-refractivity contribution in [1.29, 1.82) is 0 Å². The molecule has 4 heteroatoms. The van der Waals surface area contributed by atoms with Gasteiger partial charge in [-0.3, -0.25) is 0 Å². The number of esters is 1. The molecule has 4 nitrogen and oxygen atoms in total. The minimum atomic E-state index is -0.489. The van der Waals surface area contributed by atoms with Crippen molar-refractivity contribution in [2.75, 3.05) is 12.3 Å². The highest BCUT2D eigenvalue weighted by Crippen LogP contribution is 2.20. The SMILES string of the molecule is Cc1cc(N)ccc1OCC(=O)OC(C)(C)C. The molecule has 2 N–H and O–H groups in total. The van der Waals surface area contributed by atoms with E-state index in [4.69, 9.17) is 15.2 Å². The van der Waals surface area contributed by atoms with Crippen LogP contribution in [0.3, 0.4) is 0 Å². The predicted molar refractivity (Wildman–Crippen MR) is 66.9 cm³/mol. The van der Waals surface area contributed by atoms with Gasteiger partial charge in [0.25, 0.3) is 0 Å². The first-order chi connectivity index (χ1) is 7.78. The summed E-state index contributed by atoms with van der Waals surface area (Å²) in [6.45, 7) is 7.24. The standard InChI is InChI=1S/C13H19NO3/c1-9-7-10(14)5-6-11(9)16-8-12(15)17-13(2,3)4/h5-7H,8,14H2,1-4H3. The summed E-state index contributed by atoms with van der Waals surface area (Å²) in [7, 11) is 0. The lowest BCUT2D eigenvalue weighted by Gasteiger charge is -2.19. The van der Waals surface area contributed by atoms with Gasteiger partial charge < -0.3 is 15.2 Å². The normalized spacial score (nSPS) is 11.1. The monoisotopic (exact) mass is 237 g/mol. The van der Waals surface area contributed by atoms with Crippen molar-refractivity contribution >= 4 is 11.7 Å². The van der Waals surface area contributed by atoms with Gasteiger partial charge in [-0.05, 0) is 51.5 Å². The predicted octanol–water partition coefficient (Wildman–Crippen LogP) is 2.30. The fourth-order valence-corrected chi connectivity index (χ4v) is 1.34. The van der Waals surface area contributed by atoms with E-state index in [1.54, 1.807) is 18.2 Å². The van der Waals surface area contributed by atoms with Gasteiger partial charge in [0.1, 0.15) is 11.4 Å². The van der Waals surface area contributed by atoms with Crippen LogP contribution in [0, 0.1) is 6.92 Å². The second-order valence-electron chi connectivity index (χ2n) is 4.90. The van der Waals surface area contributed by atoms with E-state index in [1.807, 2.05) is 27.7 Å². The van der Waals surface area contributed by atoms with Gasteiger partial charge in [0.2, 0.25) is 0 Å². The number of nitrogens with two attached hydrogens (primary N) is 1. The van der Waals surface area contributed by atoms with E-state index in [1.165, 1.54) is 0 Å². The van der Waals surface area contributed by atoms with Gasteiger partial charge in [-0.2, -0.15) is 0 Å². The van der Waals surface area contributed by atoms with Gasteiger partial charge in [0.15, 0.2) is 6.61 Å². The summed E-state index contributed by atoms with van der Waals surface area (Å²) in [6, 6.07) is 5.27. The van der Waals surface area contributed by atoms with Crippen molar-refractivity contribution in [1.82, 2.24) is 0 Å². The summed E-state index contributed by atoms with van der Waals surface area (Å²) in [5.41, 5.74) is 6.70. The summed E-state index contributed by atoms with van der Waals surface area (Å²) < 4.78 is 10.5. The van der Waals surface area contributed by atoms with Gasteiger partial charge in [-0.1, -0.05) is 0 Å². The van der Waals surface area contributed by atoms with Crippen LogP contribution in [0.2, 0.25) is 0 Å². The Hall–Kier alpha value is -1.71. The lowest BCUT2D eigenvalue weighted by molar-refractivity contribution is -0.157. The minimum absolute atomic E-state index is 0.0952. The number of aryl methyl sites for hydroxylation is 1. The molecule has 0 saturated heterocycles. The lowest BCUT2D eigenvalue weighted by atomic mass is 10.2. The Labute approximate surface area is 102 Å². The van der Waals surface area contributed by atoms with E-state index in [9.17, 15) is 4.79 Å². The quantitative estimate of drug-likeness (QED) is 0.647. The highest BCUT2D eigenvalue weighted by molar-refractivity contribution is 5.71. The molecule has 17 heavy (non-hydrogen) atoms. The third-order valence-corrected chi connectivity index (χ3v) is 1.96. The van der Waals surface area contributed by atoms with E-state index in [-0.39, 0.29) is 12.6 Å². The third kappa shape index (κ3) is 4.76. The molecule has 0 fully saturated rings. The fraction of sp³-hybridized carbons (Fsp3) is 0.462. The second-order valence-corrected chi connectivity index (χ2v) is 4.90. The van der Waals surface area contributed by atoms with Crippen molar-refractivity contribution in [2.24, 2.45) is 0 Å². The van der Waals surface area contributed by atoms with Gasteiger partial charge in [-0.25, -0.2) is 4.79 Å². The van der Waals surface area contributed by atoms with Gasteiger partial charge >= 0.3 is 5.97 Å². The van der Waals surface area contributed by atoms with Crippen LogP contribution in [0.5, 0.6) is 5.75 Å². The number of hydrogen-bond acceptors (Lipinski definition) is 4. The number of carbonyl (C=O) groups is 1. The van der Waals surface area contributed by atoms with Crippen LogP contribution >= 0.6 is 0 Å². The maximum atomic E-state index is 11.4. The van der Waals surface area contributed by atoms with E-state index >= 15 is 0 Å². The Kier molecular flexibility index (Phi) is 3.99. The molecule has 0 aromatic heterocycles. The van der Waals surface area contributed by atoms with E-state index in [2.05, 4.69) is 0 Å². The van der Waals surface area contributed by atoms with Gasteiger partial charge in [-0.15, -0.1) is 0 Å². The molecule has 0 spiro atoms. The molecule has 94 valence electrons. The average Bonchev–Trinajstić information content (AvgIpc) is 2.13. The molecule has 0 unspecified atom stereocenters. The average molecular weight is 237 g/mol. The summed E-state index contributed by atoms with van der Waals surface area (Å²) in [4.78, 5) is 11.4.